The summed E-state index contributed by atoms with van der Waals surface area (Å²) in [6, 6.07) is 0. The summed E-state index contributed by atoms with van der Waals surface area (Å²) in [7, 11) is 0. The second kappa shape index (κ2) is 6.03. The molecule has 0 N–H and O–H groups in total. The minimum Gasteiger partial charge on any atom is -0.368 e. The van der Waals surface area contributed by atoms with Crippen molar-refractivity contribution < 1.29 is 13.5 Å². The van der Waals surface area contributed by atoms with Crippen molar-refractivity contribution in [1.82, 2.24) is 0 Å². The Morgan fingerprint density at radius 1 is 0.727 bits per heavy atom. The van der Waals surface area contributed by atoms with Gasteiger partial charge in [0, 0.05) is 0 Å². The third kappa shape index (κ3) is 2.52. The van der Waals surface area contributed by atoms with E-state index >= 15 is 4.39 Å². The van der Waals surface area contributed by atoms with Crippen LogP contribution in [0.1, 0.15) is 64.7 Å². The number of hydrogen-bond acceptors (Lipinski definition) is 1. The average Bonchev–Trinajstić information content (AvgIpc) is 2.90. The Morgan fingerprint density at radius 3 is 2.18 bits per heavy atom. The maximum absolute atomic E-state index is 15.2. The van der Waals surface area contributed by atoms with Gasteiger partial charge in [0.25, 0.3) is 0 Å². The first-order valence-electron chi connectivity index (χ1n) is 9.58. The molecule has 3 heteroatoms. The predicted octanol–water partition coefficient (Wildman–Crippen LogP) is 5.08. The number of hydrogen-bond donors (Lipinski definition) is 0. The van der Waals surface area contributed by atoms with Crippen LogP contribution >= 0.6 is 0 Å². The van der Waals surface area contributed by atoms with Crippen molar-refractivity contribution in [2.24, 2.45) is 29.6 Å². The van der Waals surface area contributed by atoms with Gasteiger partial charge in [-0.2, -0.15) is 0 Å². The fraction of sp³-hybridized carbons (Fsp3) is 1.00. The maximum Gasteiger partial charge on any atom is 0.130 e. The lowest BCUT2D eigenvalue weighted by Gasteiger charge is -2.41. The van der Waals surface area contributed by atoms with Gasteiger partial charge in [-0.1, -0.05) is 26.2 Å². The van der Waals surface area contributed by atoms with E-state index in [4.69, 9.17) is 4.74 Å². The lowest BCUT2D eigenvalue weighted by molar-refractivity contribution is -0.0869. The standard InChI is InChI=1S/C19H30F2O/c1-11-5-7-12(8-6-11)13-9-10-15-14-3-2-4-16(20)18(14)22-19(15)17(13)21/h11-19H,2-10H2,1H3. The molecule has 0 radical (unpaired) electrons. The summed E-state index contributed by atoms with van der Waals surface area (Å²) in [4.78, 5) is 0. The van der Waals surface area contributed by atoms with E-state index in [2.05, 4.69) is 6.92 Å². The van der Waals surface area contributed by atoms with Crippen LogP contribution in [-0.4, -0.2) is 24.6 Å². The molecule has 1 saturated heterocycles. The highest BCUT2D eigenvalue weighted by atomic mass is 19.1. The van der Waals surface area contributed by atoms with Crippen LogP contribution in [0.3, 0.4) is 0 Å². The van der Waals surface area contributed by atoms with Gasteiger partial charge < -0.3 is 4.74 Å². The van der Waals surface area contributed by atoms with Crippen molar-refractivity contribution in [1.29, 1.82) is 0 Å². The minimum absolute atomic E-state index is 0.173. The maximum atomic E-state index is 15.2. The topological polar surface area (TPSA) is 9.23 Å². The summed E-state index contributed by atoms with van der Waals surface area (Å²) in [5.74, 6) is 2.10. The predicted molar refractivity (Wildman–Crippen MR) is 83.1 cm³/mol. The van der Waals surface area contributed by atoms with Crippen molar-refractivity contribution >= 4 is 0 Å². The van der Waals surface area contributed by atoms with Crippen LogP contribution in [0.25, 0.3) is 0 Å². The Labute approximate surface area is 133 Å². The van der Waals surface area contributed by atoms with E-state index in [0.29, 0.717) is 18.3 Å². The first kappa shape index (κ1) is 15.4. The zero-order chi connectivity index (χ0) is 15.3. The van der Waals surface area contributed by atoms with Crippen LogP contribution in [-0.2, 0) is 4.74 Å². The molecular weight excluding hydrogens is 282 g/mol. The third-order valence-electron chi connectivity index (χ3n) is 7.30. The lowest BCUT2D eigenvalue weighted by atomic mass is 9.65. The van der Waals surface area contributed by atoms with Crippen molar-refractivity contribution in [3.8, 4) is 0 Å². The molecule has 0 amide bonds. The van der Waals surface area contributed by atoms with Crippen molar-refractivity contribution in [2.75, 3.05) is 0 Å². The molecule has 1 heterocycles. The Balaban J connectivity index is 1.46. The van der Waals surface area contributed by atoms with Crippen molar-refractivity contribution in [3.63, 3.8) is 0 Å². The van der Waals surface area contributed by atoms with E-state index in [9.17, 15) is 4.39 Å². The summed E-state index contributed by atoms with van der Waals surface area (Å²) >= 11 is 0. The first-order valence-corrected chi connectivity index (χ1v) is 9.58. The van der Waals surface area contributed by atoms with E-state index < -0.39 is 12.3 Å². The van der Waals surface area contributed by atoms with E-state index in [1.807, 2.05) is 0 Å². The van der Waals surface area contributed by atoms with Crippen molar-refractivity contribution in [2.45, 2.75) is 89.3 Å². The molecular formula is C19H30F2O. The number of ether oxygens (including phenoxy) is 1. The zero-order valence-corrected chi connectivity index (χ0v) is 13.7. The molecule has 3 saturated carbocycles. The third-order valence-corrected chi connectivity index (χ3v) is 7.30. The van der Waals surface area contributed by atoms with Gasteiger partial charge in [0.15, 0.2) is 0 Å². The smallest absolute Gasteiger partial charge is 0.130 e. The van der Waals surface area contributed by atoms with Gasteiger partial charge in [-0.15, -0.1) is 0 Å². The zero-order valence-electron chi connectivity index (χ0n) is 13.7. The van der Waals surface area contributed by atoms with Crippen molar-refractivity contribution in [3.05, 3.63) is 0 Å². The van der Waals surface area contributed by atoms with Crippen LogP contribution in [0, 0.1) is 29.6 Å². The highest BCUT2D eigenvalue weighted by molar-refractivity contribution is 5.03. The fourth-order valence-corrected chi connectivity index (χ4v) is 6.00. The summed E-state index contributed by atoms with van der Waals surface area (Å²) in [5, 5.41) is 0. The largest absolute Gasteiger partial charge is 0.368 e. The number of alkyl halides is 2. The molecule has 0 bridgehead atoms. The van der Waals surface area contributed by atoms with Crippen LogP contribution in [0.15, 0.2) is 0 Å². The molecule has 1 aliphatic heterocycles. The van der Waals surface area contributed by atoms with Gasteiger partial charge in [0.1, 0.15) is 12.3 Å². The molecule has 0 aromatic heterocycles. The van der Waals surface area contributed by atoms with Gasteiger partial charge in [-0.25, -0.2) is 8.78 Å². The van der Waals surface area contributed by atoms with Gasteiger partial charge >= 0.3 is 0 Å². The molecule has 7 atom stereocenters. The molecule has 4 rings (SSSR count). The summed E-state index contributed by atoms with van der Waals surface area (Å²) < 4.78 is 35.3. The van der Waals surface area contributed by atoms with Crippen LogP contribution in [0.5, 0.6) is 0 Å². The molecule has 3 aliphatic carbocycles. The molecule has 4 aliphatic rings. The molecule has 1 nitrogen and oxygen atoms in total. The molecule has 0 aromatic carbocycles. The second-order valence-corrected chi connectivity index (χ2v) is 8.55. The highest BCUT2D eigenvalue weighted by Crippen LogP contribution is 2.52. The van der Waals surface area contributed by atoms with Gasteiger partial charge in [-0.3, -0.25) is 0 Å². The molecule has 22 heavy (non-hydrogen) atoms. The fourth-order valence-electron chi connectivity index (χ4n) is 6.00. The highest BCUT2D eigenvalue weighted by Gasteiger charge is 2.55. The summed E-state index contributed by atoms with van der Waals surface area (Å²) in [5.41, 5.74) is 0. The van der Waals surface area contributed by atoms with Crippen LogP contribution in [0.2, 0.25) is 0 Å². The number of rotatable bonds is 1. The first-order chi connectivity index (χ1) is 10.6. The quantitative estimate of drug-likeness (QED) is 0.656. The average molecular weight is 312 g/mol. The van der Waals surface area contributed by atoms with E-state index in [1.54, 1.807) is 0 Å². The minimum atomic E-state index is -0.856. The molecule has 0 spiro atoms. The van der Waals surface area contributed by atoms with Gasteiger partial charge in [0.2, 0.25) is 0 Å². The lowest BCUT2D eigenvalue weighted by Crippen LogP contribution is -2.43. The molecule has 126 valence electrons. The molecule has 7 unspecified atom stereocenters. The Kier molecular flexibility index (Phi) is 4.21. The van der Waals surface area contributed by atoms with E-state index in [1.165, 1.54) is 25.7 Å². The Morgan fingerprint density at radius 2 is 1.41 bits per heavy atom. The summed E-state index contributed by atoms with van der Waals surface area (Å²) in [6.45, 7) is 2.31. The Bertz CT molecular complexity index is 393. The van der Waals surface area contributed by atoms with Crippen LogP contribution < -0.4 is 0 Å². The summed E-state index contributed by atoms with van der Waals surface area (Å²) in [6.07, 6.45) is 7.24. The number of fused-ring (bicyclic) bond motifs is 3. The van der Waals surface area contributed by atoms with E-state index in [0.717, 1.165) is 31.6 Å². The Hall–Kier alpha value is -0.180. The molecule has 0 aromatic rings. The SMILES string of the molecule is CC1CCC(C2CCC3C4CCCC(F)C4OC3C2F)CC1. The van der Waals surface area contributed by atoms with Crippen LogP contribution in [0.4, 0.5) is 8.78 Å². The normalized spacial score (nSPS) is 55.5. The van der Waals surface area contributed by atoms with Gasteiger partial charge in [0.05, 0.1) is 12.2 Å². The number of halogens is 2. The van der Waals surface area contributed by atoms with Gasteiger partial charge in [-0.05, 0) is 68.1 Å². The molecule has 4 fully saturated rings. The monoisotopic (exact) mass is 312 g/mol. The van der Waals surface area contributed by atoms with E-state index in [-0.39, 0.29) is 24.0 Å². The second-order valence-electron chi connectivity index (χ2n) is 8.55.